The Balaban J connectivity index is 1.50. The molecule has 3 aliphatic carbocycles. The first-order valence-corrected chi connectivity index (χ1v) is 11.6. The maximum atomic E-state index is 13.7. The summed E-state index contributed by atoms with van der Waals surface area (Å²) in [5, 5.41) is 41.9. The monoisotopic (exact) mass is 445 g/mol. The molecule has 1 aromatic rings. The summed E-state index contributed by atoms with van der Waals surface area (Å²) >= 11 is 0. The Kier molecular flexibility index (Phi) is 5.32. The van der Waals surface area contributed by atoms with E-state index in [0.29, 0.717) is 6.42 Å². The van der Waals surface area contributed by atoms with Gasteiger partial charge >= 0.3 is 0 Å². The number of nitrogens with one attached hydrogen (secondary N) is 1. The molecule has 1 aliphatic heterocycles. The van der Waals surface area contributed by atoms with E-state index >= 15 is 0 Å². The molecular formula is C24H31NO7. The number of aromatic nitrogens is 1. The van der Waals surface area contributed by atoms with Crippen LogP contribution < -0.4 is 5.56 Å². The number of hydrogen-bond acceptors (Lipinski definition) is 7. The highest BCUT2D eigenvalue weighted by atomic mass is 16.6. The molecule has 32 heavy (non-hydrogen) atoms. The van der Waals surface area contributed by atoms with E-state index in [2.05, 4.69) is 11.1 Å². The number of ketones is 1. The summed E-state index contributed by atoms with van der Waals surface area (Å²) in [5.74, 6) is -1.05. The summed E-state index contributed by atoms with van der Waals surface area (Å²) in [7, 11) is 0. The van der Waals surface area contributed by atoms with Crippen LogP contribution >= 0.6 is 0 Å². The summed E-state index contributed by atoms with van der Waals surface area (Å²) in [6.07, 6.45) is 6.37. The van der Waals surface area contributed by atoms with Gasteiger partial charge in [-0.15, -0.1) is 0 Å². The van der Waals surface area contributed by atoms with Crippen molar-refractivity contribution in [1.29, 1.82) is 0 Å². The third kappa shape index (κ3) is 3.27. The molecule has 8 nitrogen and oxygen atoms in total. The number of aliphatic hydroxyl groups excluding tert-OH is 2. The number of H-pyrrole nitrogens is 1. The Morgan fingerprint density at radius 2 is 2.06 bits per heavy atom. The van der Waals surface area contributed by atoms with Gasteiger partial charge in [0.05, 0.1) is 6.10 Å². The molecular weight excluding hydrogens is 414 g/mol. The molecule has 3 fully saturated rings. The quantitative estimate of drug-likeness (QED) is 0.266. The van der Waals surface area contributed by atoms with Crippen molar-refractivity contribution < 1.29 is 30.0 Å². The molecule has 9 atom stereocenters. The minimum Gasteiger partial charge on any atom is -0.507 e. The van der Waals surface area contributed by atoms with Crippen LogP contribution in [0.1, 0.15) is 54.9 Å². The molecule has 1 saturated heterocycles. The fourth-order valence-corrected chi connectivity index (χ4v) is 6.42. The molecule has 174 valence electrons. The van der Waals surface area contributed by atoms with Crippen molar-refractivity contribution >= 4 is 5.78 Å². The Hall–Kier alpha value is -2.00. The number of fused-ring (bicyclic) bond motifs is 2. The zero-order valence-corrected chi connectivity index (χ0v) is 18.1. The number of carbonyl (C=O) groups is 1. The van der Waals surface area contributed by atoms with Crippen LogP contribution in [-0.4, -0.2) is 56.1 Å². The number of rotatable bonds is 4. The summed E-state index contributed by atoms with van der Waals surface area (Å²) in [5.41, 5.74) is -2.49. The molecule has 2 heterocycles. The average molecular weight is 446 g/mol. The zero-order chi connectivity index (χ0) is 22.8. The standard InChI is InChI=1S/C24H31NO7/c1-11-2-4-13-8-12(10-26)3-5-14(13)17(11)20(29)18-19(28)15(9-25-23(18)30)24(31)7-6-16(27)21-22(24)32-21/h2,4,9,11-14,16-17,21-22,26-27,31H,3,5-8,10H2,1H3,(H2,25,28,30). The Morgan fingerprint density at radius 3 is 2.81 bits per heavy atom. The maximum Gasteiger partial charge on any atom is 0.262 e. The third-order valence-electron chi connectivity index (χ3n) is 8.29. The molecule has 0 spiro atoms. The number of epoxide rings is 1. The number of aromatic hydroxyl groups is 1. The normalized spacial score (nSPS) is 42.8. The van der Waals surface area contributed by atoms with Gasteiger partial charge in [0.2, 0.25) is 0 Å². The first kappa shape index (κ1) is 21.8. The summed E-state index contributed by atoms with van der Waals surface area (Å²) < 4.78 is 5.45. The van der Waals surface area contributed by atoms with Gasteiger partial charge in [-0.2, -0.15) is 0 Å². The van der Waals surface area contributed by atoms with Gasteiger partial charge in [-0.25, -0.2) is 0 Å². The smallest absolute Gasteiger partial charge is 0.262 e. The molecule has 0 aromatic carbocycles. The molecule has 8 heteroatoms. The van der Waals surface area contributed by atoms with Gasteiger partial charge in [-0.3, -0.25) is 9.59 Å². The number of hydrogen-bond donors (Lipinski definition) is 5. The second-order valence-electron chi connectivity index (χ2n) is 10.1. The van der Waals surface area contributed by atoms with E-state index in [1.54, 1.807) is 0 Å². The summed E-state index contributed by atoms with van der Waals surface area (Å²) in [6, 6.07) is 0. The molecule has 2 saturated carbocycles. The van der Waals surface area contributed by atoms with Gasteiger partial charge in [-0.05, 0) is 55.8 Å². The Labute approximate surface area is 185 Å². The van der Waals surface area contributed by atoms with Crippen molar-refractivity contribution in [1.82, 2.24) is 4.98 Å². The van der Waals surface area contributed by atoms with E-state index in [-0.39, 0.29) is 47.8 Å². The highest BCUT2D eigenvalue weighted by molar-refractivity contribution is 6.00. The number of ether oxygens (including phenoxy) is 1. The minimum atomic E-state index is -1.58. The lowest BCUT2D eigenvalue weighted by Gasteiger charge is -2.42. The van der Waals surface area contributed by atoms with E-state index in [9.17, 15) is 30.0 Å². The Morgan fingerprint density at radius 1 is 1.28 bits per heavy atom. The minimum absolute atomic E-state index is 0.0387. The summed E-state index contributed by atoms with van der Waals surface area (Å²) in [4.78, 5) is 29.0. The van der Waals surface area contributed by atoms with E-state index in [1.165, 1.54) is 6.20 Å². The number of Topliss-reactive ketones (excluding diaryl/α,β-unsaturated/α-hetero) is 1. The predicted molar refractivity (Wildman–Crippen MR) is 114 cm³/mol. The Bertz CT molecular complexity index is 1000. The third-order valence-corrected chi connectivity index (χ3v) is 8.29. The second kappa shape index (κ2) is 7.80. The van der Waals surface area contributed by atoms with Gasteiger partial charge < -0.3 is 30.1 Å². The lowest BCUT2D eigenvalue weighted by atomic mass is 9.61. The van der Waals surface area contributed by atoms with Gasteiger partial charge in [-0.1, -0.05) is 19.1 Å². The maximum absolute atomic E-state index is 13.7. The highest BCUT2D eigenvalue weighted by Gasteiger charge is 2.62. The molecule has 1 aromatic heterocycles. The first-order chi connectivity index (χ1) is 15.3. The highest BCUT2D eigenvalue weighted by Crippen LogP contribution is 2.52. The van der Waals surface area contributed by atoms with Crippen LogP contribution in [0.2, 0.25) is 0 Å². The van der Waals surface area contributed by atoms with E-state index in [0.717, 1.165) is 19.3 Å². The van der Waals surface area contributed by atoms with Crippen molar-refractivity contribution in [2.24, 2.45) is 29.6 Å². The van der Waals surface area contributed by atoms with E-state index < -0.39 is 46.9 Å². The molecule has 5 N–H and O–H groups in total. The van der Waals surface area contributed by atoms with E-state index in [4.69, 9.17) is 4.74 Å². The summed E-state index contributed by atoms with van der Waals surface area (Å²) in [6.45, 7) is 2.08. The molecule has 0 bridgehead atoms. The fraction of sp³-hybridized carbons (Fsp3) is 0.667. The van der Waals surface area contributed by atoms with Crippen LogP contribution in [0.5, 0.6) is 5.75 Å². The van der Waals surface area contributed by atoms with Crippen molar-refractivity contribution in [2.45, 2.75) is 62.9 Å². The SMILES string of the molecule is CC1C=CC2CC(CO)CCC2C1C(=O)c1c(O)c(C2(O)CCC(O)C3OC32)c[nH]c1=O. The van der Waals surface area contributed by atoms with Crippen LogP contribution in [-0.2, 0) is 10.3 Å². The molecule has 4 aliphatic rings. The van der Waals surface area contributed by atoms with Crippen molar-refractivity contribution in [3.8, 4) is 5.75 Å². The van der Waals surface area contributed by atoms with Gasteiger partial charge in [0.1, 0.15) is 29.1 Å². The second-order valence-corrected chi connectivity index (χ2v) is 10.1. The van der Waals surface area contributed by atoms with Gasteiger partial charge in [0, 0.05) is 24.3 Å². The molecule has 0 amide bonds. The molecule has 5 rings (SSSR count). The van der Waals surface area contributed by atoms with Crippen molar-refractivity contribution in [3.63, 3.8) is 0 Å². The number of carbonyl (C=O) groups excluding carboxylic acids is 1. The predicted octanol–water partition coefficient (Wildman–Crippen LogP) is 1.22. The van der Waals surface area contributed by atoms with Crippen LogP contribution in [0, 0.1) is 29.6 Å². The average Bonchev–Trinajstić information content (AvgIpc) is 3.59. The van der Waals surface area contributed by atoms with Crippen LogP contribution in [0.3, 0.4) is 0 Å². The fourth-order valence-electron chi connectivity index (χ4n) is 6.42. The first-order valence-electron chi connectivity index (χ1n) is 11.6. The van der Waals surface area contributed by atoms with Crippen molar-refractivity contribution in [3.05, 3.63) is 39.8 Å². The van der Waals surface area contributed by atoms with Gasteiger partial charge in [0.15, 0.2) is 5.78 Å². The van der Waals surface area contributed by atoms with Crippen LogP contribution in [0.15, 0.2) is 23.1 Å². The molecule has 0 radical (unpaired) electrons. The largest absolute Gasteiger partial charge is 0.507 e. The topological polar surface area (TPSA) is 143 Å². The lowest BCUT2D eigenvalue weighted by Crippen LogP contribution is -2.43. The molecule has 9 unspecified atom stereocenters. The number of allylic oxidation sites excluding steroid dienone is 2. The lowest BCUT2D eigenvalue weighted by molar-refractivity contribution is -0.0231. The van der Waals surface area contributed by atoms with E-state index in [1.807, 2.05) is 13.0 Å². The number of pyridine rings is 1. The zero-order valence-electron chi connectivity index (χ0n) is 18.1. The van der Waals surface area contributed by atoms with Crippen molar-refractivity contribution in [2.75, 3.05) is 6.61 Å². The van der Waals surface area contributed by atoms with Crippen LogP contribution in [0.25, 0.3) is 0 Å². The van der Waals surface area contributed by atoms with Crippen LogP contribution in [0.4, 0.5) is 0 Å². The number of aliphatic hydroxyl groups is 3. The number of aromatic amines is 1. The van der Waals surface area contributed by atoms with Gasteiger partial charge in [0.25, 0.3) is 5.56 Å².